The number of piperidine rings is 1. The van der Waals surface area contributed by atoms with Crippen molar-refractivity contribution in [1.82, 2.24) is 4.90 Å². The minimum absolute atomic E-state index is 0.168. The number of hydrogen-bond acceptors (Lipinski definition) is 1. The van der Waals surface area contributed by atoms with Gasteiger partial charge in [-0.05, 0) is 43.0 Å². The first-order chi connectivity index (χ1) is 9.88. The van der Waals surface area contributed by atoms with Crippen LogP contribution in [-0.2, 0) is 11.0 Å². The number of amides is 1. The van der Waals surface area contributed by atoms with Crippen molar-refractivity contribution >= 4 is 23.6 Å². The van der Waals surface area contributed by atoms with Crippen LogP contribution < -0.4 is 0 Å². The van der Waals surface area contributed by atoms with Gasteiger partial charge >= 0.3 is 6.18 Å². The van der Waals surface area contributed by atoms with Gasteiger partial charge in [0.2, 0.25) is 5.91 Å². The number of benzene rings is 1. The maximum atomic E-state index is 12.7. The van der Waals surface area contributed by atoms with E-state index >= 15 is 0 Å². The second-order valence-electron chi connectivity index (χ2n) is 4.96. The fraction of sp³-hybridized carbons (Fsp3) is 0.400. The highest BCUT2D eigenvalue weighted by Crippen LogP contribution is 2.35. The van der Waals surface area contributed by atoms with E-state index in [1.54, 1.807) is 4.90 Å². The average Bonchev–Trinajstić information content (AvgIpc) is 2.45. The minimum atomic E-state index is -4.50. The molecule has 0 atom stereocenters. The third-order valence-corrected chi connectivity index (χ3v) is 3.71. The summed E-state index contributed by atoms with van der Waals surface area (Å²) in [6, 6.07) is 3.59. The van der Waals surface area contributed by atoms with E-state index in [4.69, 9.17) is 11.6 Å². The Hall–Kier alpha value is -1.49. The van der Waals surface area contributed by atoms with Crippen LogP contribution in [0.25, 0.3) is 6.08 Å². The number of alkyl halides is 3. The summed E-state index contributed by atoms with van der Waals surface area (Å²) in [6.45, 7) is 1.41. The molecule has 1 aliphatic rings. The van der Waals surface area contributed by atoms with E-state index < -0.39 is 11.7 Å². The summed E-state index contributed by atoms with van der Waals surface area (Å²) in [5, 5.41) is -0.345. The van der Waals surface area contributed by atoms with Crippen LogP contribution in [0.1, 0.15) is 30.4 Å². The van der Waals surface area contributed by atoms with Gasteiger partial charge in [0.25, 0.3) is 0 Å². The van der Waals surface area contributed by atoms with Crippen molar-refractivity contribution in [3.8, 4) is 0 Å². The standard InChI is InChI=1S/C15H15ClF3NO/c16-13-6-4-11(10-12(13)15(17,18)19)5-7-14(21)20-8-2-1-3-9-20/h4-7,10H,1-3,8-9H2/b7-5+. The summed E-state index contributed by atoms with van der Waals surface area (Å²) in [4.78, 5) is 13.6. The van der Waals surface area contributed by atoms with Crippen LogP contribution in [0.2, 0.25) is 5.02 Å². The first-order valence-electron chi connectivity index (χ1n) is 6.71. The molecule has 0 aromatic heterocycles. The lowest BCUT2D eigenvalue weighted by Gasteiger charge is -2.25. The van der Waals surface area contributed by atoms with Gasteiger partial charge in [0.15, 0.2) is 0 Å². The van der Waals surface area contributed by atoms with E-state index in [0.717, 1.165) is 25.3 Å². The molecule has 1 heterocycles. The molecular formula is C15H15ClF3NO. The summed E-state index contributed by atoms with van der Waals surface area (Å²) in [7, 11) is 0. The number of likely N-dealkylation sites (tertiary alicyclic amines) is 1. The Labute approximate surface area is 126 Å². The molecule has 1 fully saturated rings. The number of carbonyl (C=O) groups is 1. The monoisotopic (exact) mass is 317 g/mol. The predicted molar refractivity (Wildman–Crippen MR) is 75.9 cm³/mol. The van der Waals surface area contributed by atoms with Gasteiger partial charge in [0.05, 0.1) is 10.6 Å². The SMILES string of the molecule is O=C(/C=C/c1ccc(Cl)c(C(F)(F)F)c1)N1CCCCC1. The van der Waals surface area contributed by atoms with Gasteiger partial charge in [-0.25, -0.2) is 0 Å². The Morgan fingerprint density at radius 1 is 1.19 bits per heavy atom. The highest BCUT2D eigenvalue weighted by Gasteiger charge is 2.33. The summed E-state index contributed by atoms with van der Waals surface area (Å²) in [5.41, 5.74) is -0.589. The summed E-state index contributed by atoms with van der Waals surface area (Å²) >= 11 is 5.55. The normalized spacial score (nSPS) is 16.5. The maximum absolute atomic E-state index is 12.7. The van der Waals surface area contributed by atoms with Crippen LogP contribution >= 0.6 is 11.6 Å². The molecule has 0 aliphatic carbocycles. The van der Waals surface area contributed by atoms with Gasteiger partial charge in [-0.15, -0.1) is 0 Å². The molecular weight excluding hydrogens is 303 g/mol. The van der Waals surface area contributed by atoms with Crippen molar-refractivity contribution in [2.45, 2.75) is 25.4 Å². The van der Waals surface area contributed by atoms with Gasteiger partial charge in [0, 0.05) is 19.2 Å². The second kappa shape index (κ2) is 6.52. The zero-order chi connectivity index (χ0) is 15.5. The van der Waals surface area contributed by atoms with E-state index in [2.05, 4.69) is 0 Å². The van der Waals surface area contributed by atoms with E-state index in [-0.39, 0.29) is 10.9 Å². The van der Waals surface area contributed by atoms with Crippen LogP contribution in [0.5, 0.6) is 0 Å². The van der Waals surface area contributed by atoms with Gasteiger partial charge < -0.3 is 4.90 Å². The molecule has 1 saturated heterocycles. The first-order valence-corrected chi connectivity index (χ1v) is 7.09. The zero-order valence-electron chi connectivity index (χ0n) is 11.3. The molecule has 0 spiro atoms. The number of carbonyl (C=O) groups excluding carboxylic acids is 1. The Bertz CT molecular complexity index is 548. The Morgan fingerprint density at radius 3 is 2.48 bits per heavy atom. The van der Waals surface area contributed by atoms with Crippen molar-refractivity contribution in [2.75, 3.05) is 13.1 Å². The van der Waals surface area contributed by atoms with Crippen LogP contribution in [0.4, 0.5) is 13.2 Å². The number of halogens is 4. The molecule has 1 aromatic rings. The molecule has 1 aliphatic heterocycles. The Morgan fingerprint density at radius 2 is 1.86 bits per heavy atom. The van der Waals surface area contributed by atoms with Gasteiger partial charge in [-0.3, -0.25) is 4.79 Å². The first kappa shape index (κ1) is 15.9. The number of hydrogen-bond donors (Lipinski definition) is 0. The van der Waals surface area contributed by atoms with Gasteiger partial charge in [-0.2, -0.15) is 13.2 Å². The van der Waals surface area contributed by atoms with Crippen LogP contribution in [0.15, 0.2) is 24.3 Å². The van der Waals surface area contributed by atoms with Crippen molar-refractivity contribution in [1.29, 1.82) is 0 Å². The molecule has 2 nitrogen and oxygen atoms in total. The lowest BCUT2D eigenvalue weighted by Crippen LogP contribution is -2.34. The maximum Gasteiger partial charge on any atom is 0.417 e. The van der Waals surface area contributed by atoms with Gasteiger partial charge in [0.1, 0.15) is 0 Å². The van der Waals surface area contributed by atoms with Gasteiger partial charge in [-0.1, -0.05) is 17.7 Å². The Kier molecular flexibility index (Phi) is 4.93. The highest BCUT2D eigenvalue weighted by atomic mass is 35.5. The molecule has 0 N–H and O–H groups in total. The lowest BCUT2D eigenvalue weighted by molar-refractivity contribution is -0.137. The molecule has 114 valence electrons. The van der Waals surface area contributed by atoms with E-state index in [1.165, 1.54) is 24.3 Å². The predicted octanol–water partition coefficient (Wildman–Crippen LogP) is 4.38. The Balaban J connectivity index is 2.12. The van der Waals surface area contributed by atoms with Crippen LogP contribution in [0, 0.1) is 0 Å². The van der Waals surface area contributed by atoms with Crippen LogP contribution in [-0.4, -0.2) is 23.9 Å². The summed E-state index contributed by atoms with van der Waals surface area (Å²) < 4.78 is 38.2. The fourth-order valence-corrected chi connectivity index (χ4v) is 2.48. The smallest absolute Gasteiger partial charge is 0.339 e. The molecule has 1 aromatic carbocycles. The topological polar surface area (TPSA) is 20.3 Å². The zero-order valence-corrected chi connectivity index (χ0v) is 12.0. The largest absolute Gasteiger partial charge is 0.417 e. The molecule has 21 heavy (non-hydrogen) atoms. The summed E-state index contributed by atoms with van der Waals surface area (Å²) in [6.07, 6.45) is 1.26. The third kappa shape index (κ3) is 4.24. The van der Waals surface area contributed by atoms with E-state index in [0.29, 0.717) is 18.7 Å². The lowest BCUT2D eigenvalue weighted by atomic mass is 10.1. The van der Waals surface area contributed by atoms with Crippen molar-refractivity contribution in [3.63, 3.8) is 0 Å². The van der Waals surface area contributed by atoms with Crippen molar-refractivity contribution in [2.24, 2.45) is 0 Å². The minimum Gasteiger partial charge on any atom is -0.339 e. The quantitative estimate of drug-likeness (QED) is 0.741. The van der Waals surface area contributed by atoms with E-state index in [1.807, 2.05) is 0 Å². The molecule has 0 saturated carbocycles. The van der Waals surface area contributed by atoms with Crippen molar-refractivity contribution < 1.29 is 18.0 Å². The molecule has 1 amide bonds. The highest BCUT2D eigenvalue weighted by molar-refractivity contribution is 6.31. The molecule has 6 heteroatoms. The average molecular weight is 318 g/mol. The van der Waals surface area contributed by atoms with Crippen LogP contribution in [0.3, 0.4) is 0 Å². The number of nitrogens with zero attached hydrogens (tertiary/aromatic N) is 1. The molecule has 0 bridgehead atoms. The third-order valence-electron chi connectivity index (χ3n) is 3.38. The molecule has 2 rings (SSSR count). The van der Waals surface area contributed by atoms with E-state index in [9.17, 15) is 18.0 Å². The van der Waals surface area contributed by atoms with Crippen molar-refractivity contribution in [3.05, 3.63) is 40.4 Å². The number of rotatable bonds is 2. The summed E-state index contributed by atoms with van der Waals surface area (Å²) in [5.74, 6) is -0.168. The molecule has 0 unspecified atom stereocenters. The second-order valence-corrected chi connectivity index (χ2v) is 5.36. The molecule has 0 radical (unpaired) electrons. The fourth-order valence-electron chi connectivity index (χ4n) is 2.25.